The Bertz CT molecular complexity index is 801. The number of carbonyl (C=O) groups excluding carboxylic acids is 2. The van der Waals surface area contributed by atoms with Gasteiger partial charge in [-0.15, -0.1) is 0 Å². The molecule has 1 aromatic rings. The molecule has 1 saturated heterocycles. The van der Waals surface area contributed by atoms with E-state index >= 15 is 0 Å². The molecule has 0 unspecified atom stereocenters. The number of carboxylic acids is 1. The third-order valence-electron chi connectivity index (χ3n) is 4.29. The van der Waals surface area contributed by atoms with E-state index < -0.39 is 16.0 Å². The Kier molecular flexibility index (Phi) is 5.33. The van der Waals surface area contributed by atoms with Gasteiger partial charge in [0, 0.05) is 44.6 Å². The fourth-order valence-electron chi connectivity index (χ4n) is 2.88. The molecule has 1 fully saturated rings. The quantitative estimate of drug-likeness (QED) is 0.628. The number of aliphatic carboxylic acids is 1. The van der Waals surface area contributed by atoms with E-state index in [1.54, 1.807) is 6.07 Å². The summed E-state index contributed by atoms with van der Waals surface area (Å²) in [6, 6.07) is 4.49. The first-order valence-corrected chi connectivity index (χ1v) is 9.69. The smallest absolute Gasteiger partial charge is 0.243 e. The number of hydrogen-bond acceptors (Lipinski definition) is 7. The summed E-state index contributed by atoms with van der Waals surface area (Å²) >= 11 is 0. The van der Waals surface area contributed by atoms with Gasteiger partial charge in [-0.2, -0.15) is 4.31 Å². The van der Waals surface area contributed by atoms with Gasteiger partial charge in [-0.1, -0.05) is 0 Å². The van der Waals surface area contributed by atoms with Crippen molar-refractivity contribution in [3.05, 3.63) is 18.2 Å². The zero-order valence-corrected chi connectivity index (χ0v) is 14.9. The van der Waals surface area contributed by atoms with Crippen LogP contribution in [0, 0.1) is 0 Å². The fourth-order valence-corrected chi connectivity index (χ4v) is 4.32. The number of carbonyl (C=O) groups is 2. The molecule has 1 aromatic carbocycles. The number of fused-ring (bicyclic) bond motifs is 1. The minimum absolute atomic E-state index is 0.110. The second-order valence-corrected chi connectivity index (χ2v) is 7.90. The number of nitrogens with zero attached hydrogens (tertiary/aromatic N) is 2. The van der Waals surface area contributed by atoms with Crippen LogP contribution >= 0.6 is 0 Å². The molecule has 0 N–H and O–H groups in total. The van der Waals surface area contributed by atoms with Crippen molar-refractivity contribution in [2.24, 2.45) is 0 Å². The zero-order chi connectivity index (χ0) is 18.7. The lowest BCUT2D eigenvalue weighted by Crippen LogP contribution is -2.50. The van der Waals surface area contributed by atoms with Crippen LogP contribution in [0.2, 0.25) is 0 Å². The summed E-state index contributed by atoms with van der Waals surface area (Å²) in [6.45, 7) is 1.52. The highest BCUT2D eigenvalue weighted by Gasteiger charge is 2.31. The van der Waals surface area contributed by atoms with E-state index in [0.717, 1.165) is 0 Å². The van der Waals surface area contributed by atoms with Crippen LogP contribution in [0.25, 0.3) is 0 Å². The first-order valence-electron chi connectivity index (χ1n) is 8.25. The van der Waals surface area contributed by atoms with Gasteiger partial charge in [-0.3, -0.25) is 4.79 Å². The van der Waals surface area contributed by atoms with Crippen LogP contribution in [-0.4, -0.2) is 68.9 Å². The lowest BCUT2D eigenvalue weighted by atomic mass is 10.2. The maximum Gasteiger partial charge on any atom is 0.243 e. The molecule has 0 atom stereocenters. The van der Waals surface area contributed by atoms with Crippen molar-refractivity contribution in [1.29, 1.82) is 0 Å². The molecule has 0 aromatic heterocycles. The second kappa shape index (κ2) is 7.50. The standard InChI is InChI=1S/C16H20N2O7S/c19-15(3-4-16(20)21)17-5-7-18(8-6-17)26(22,23)12-1-2-13-14(11-12)25-10-9-24-13/h1-2,11H,3-10H2,(H,20,21)/p-1. The Morgan fingerprint density at radius 1 is 1.00 bits per heavy atom. The van der Waals surface area contributed by atoms with Gasteiger partial charge >= 0.3 is 0 Å². The van der Waals surface area contributed by atoms with Crippen LogP contribution in [0.5, 0.6) is 11.5 Å². The highest BCUT2D eigenvalue weighted by Crippen LogP contribution is 2.33. The average molecular weight is 383 g/mol. The van der Waals surface area contributed by atoms with Gasteiger partial charge < -0.3 is 24.3 Å². The summed E-state index contributed by atoms with van der Waals surface area (Å²) in [5.41, 5.74) is 0. The average Bonchev–Trinajstić information content (AvgIpc) is 2.65. The van der Waals surface area contributed by atoms with Crippen molar-refractivity contribution < 1.29 is 32.6 Å². The Labute approximate surface area is 151 Å². The maximum atomic E-state index is 12.8. The molecule has 2 heterocycles. The first-order chi connectivity index (χ1) is 12.4. The number of benzene rings is 1. The minimum atomic E-state index is -3.71. The predicted molar refractivity (Wildman–Crippen MR) is 87.0 cm³/mol. The third-order valence-corrected chi connectivity index (χ3v) is 6.18. The molecule has 142 valence electrons. The molecular weight excluding hydrogens is 364 g/mol. The van der Waals surface area contributed by atoms with Crippen LogP contribution < -0.4 is 14.6 Å². The summed E-state index contributed by atoms with van der Waals surface area (Å²) < 4.78 is 37.7. The van der Waals surface area contributed by atoms with E-state index in [0.29, 0.717) is 24.7 Å². The molecule has 10 heteroatoms. The monoisotopic (exact) mass is 383 g/mol. The van der Waals surface area contributed by atoms with E-state index in [1.165, 1.54) is 21.3 Å². The van der Waals surface area contributed by atoms with Gasteiger partial charge in [0.05, 0.1) is 4.90 Å². The van der Waals surface area contributed by atoms with E-state index in [-0.39, 0.29) is 49.8 Å². The molecule has 0 radical (unpaired) electrons. The van der Waals surface area contributed by atoms with Crippen molar-refractivity contribution in [3.63, 3.8) is 0 Å². The van der Waals surface area contributed by atoms with Gasteiger partial charge in [0.2, 0.25) is 15.9 Å². The molecule has 3 rings (SSSR count). The Morgan fingerprint density at radius 3 is 2.31 bits per heavy atom. The molecule has 2 aliphatic heterocycles. The van der Waals surface area contributed by atoms with E-state index in [9.17, 15) is 23.1 Å². The van der Waals surface area contributed by atoms with Crippen LogP contribution in [0.4, 0.5) is 0 Å². The van der Waals surface area contributed by atoms with Gasteiger partial charge in [-0.05, 0) is 18.6 Å². The normalized spacial score (nSPS) is 17.8. The molecule has 0 saturated carbocycles. The lowest BCUT2D eigenvalue weighted by molar-refractivity contribution is -0.305. The highest BCUT2D eigenvalue weighted by molar-refractivity contribution is 7.89. The van der Waals surface area contributed by atoms with Crippen molar-refractivity contribution in [2.45, 2.75) is 17.7 Å². The summed E-state index contributed by atoms with van der Waals surface area (Å²) in [5, 5.41) is 10.4. The van der Waals surface area contributed by atoms with Gasteiger partial charge in [-0.25, -0.2) is 8.42 Å². The number of piperazine rings is 1. The highest BCUT2D eigenvalue weighted by atomic mass is 32.2. The maximum absolute atomic E-state index is 12.8. The van der Waals surface area contributed by atoms with Crippen LogP contribution in [0.1, 0.15) is 12.8 Å². The lowest BCUT2D eigenvalue weighted by Gasteiger charge is -2.34. The molecule has 0 aliphatic carbocycles. The van der Waals surface area contributed by atoms with Gasteiger partial charge in [0.1, 0.15) is 13.2 Å². The van der Waals surface area contributed by atoms with Crippen molar-refractivity contribution in [2.75, 3.05) is 39.4 Å². The van der Waals surface area contributed by atoms with E-state index in [4.69, 9.17) is 9.47 Å². The largest absolute Gasteiger partial charge is 0.550 e. The van der Waals surface area contributed by atoms with Crippen LogP contribution in [-0.2, 0) is 19.6 Å². The van der Waals surface area contributed by atoms with Gasteiger partial charge in [0.15, 0.2) is 11.5 Å². The Hall–Kier alpha value is -2.33. The topological polar surface area (TPSA) is 116 Å². The fraction of sp³-hybridized carbons (Fsp3) is 0.500. The third kappa shape index (κ3) is 3.91. The number of carboxylic acid groups (broad SMARTS) is 1. The predicted octanol–water partition coefficient (Wildman–Crippen LogP) is -1.18. The van der Waals surface area contributed by atoms with Crippen molar-refractivity contribution >= 4 is 21.9 Å². The van der Waals surface area contributed by atoms with Crippen molar-refractivity contribution in [3.8, 4) is 11.5 Å². The van der Waals surface area contributed by atoms with Crippen LogP contribution in [0.15, 0.2) is 23.1 Å². The Balaban J connectivity index is 1.65. The molecule has 1 amide bonds. The number of rotatable bonds is 5. The number of amides is 1. The second-order valence-electron chi connectivity index (χ2n) is 5.96. The molecule has 26 heavy (non-hydrogen) atoms. The van der Waals surface area contributed by atoms with E-state index in [2.05, 4.69) is 0 Å². The van der Waals surface area contributed by atoms with Crippen molar-refractivity contribution in [1.82, 2.24) is 9.21 Å². The summed E-state index contributed by atoms with van der Waals surface area (Å²) in [5.74, 6) is -0.685. The minimum Gasteiger partial charge on any atom is -0.550 e. The van der Waals surface area contributed by atoms with Gasteiger partial charge in [0.25, 0.3) is 0 Å². The summed E-state index contributed by atoms with van der Waals surface area (Å²) in [4.78, 5) is 23.9. The summed E-state index contributed by atoms with van der Waals surface area (Å²) in [7, 11) is -3.71. The molecule has 9 nitrogen and oxygen atoms in total. The molecule has 0 spiro atoms. The number of hydrogen-bond donors (Lipinski definition) is 0. The number of sulfonamides is 1. The zero-order valence-electron chi connectivity index (χ0n) is 14.0. The molecule has 0 bridgehead atoms. The SMILES string of the molecule is O=C([O-])CCC(=O)N1CCN(S(=O)(=O)c2ccc3c(c2)OCCO3)CC1. The molecule has 2 aliphatic rings. The summed E-state index contributed by atoms with van der Waals surface area (Å²) in [6.07, 6.45) is -0.480. The first kappa shape index (κ1) is 18.5. The van der Waals surface area contributed by atoms with Crippen LogP contribution in [0.3, 0.4) is 0 Å². The molecular formula is C16H19N2O7S-. The Morgan fingerprint density at radius 2 is 1.65 bits per heavy atom. The van der Waals surface area contributed by atoms with E-state index in [1.807, 2.05) is 0 Å². The number of ether oxygens (including phenoxy) is 2.